The summed E-state index contributed by atoms with van der Waals surface area (Å²) in [6.45, 7) is 6.13. The van der Waals surface area contributed by atoms with Crippen molar-refractivity contribution in [1.82, 2.24) is 25.0 Å². The first kappa shape index (κ1) is 13.2. The minimum Gasteiger partial charge on any atom is -0.423 e. The van der Waals surface area contributed by atoms with Crippen molar-refractivity contribution in [3.8, 4) is 0 Å². The Kier molecular flexibility index (Phi) is 3.77. The molecule has 0 spiro atoms. The van der Waals surface area contributed by atoms with E-state index in [1.807, 2.05) is 0 Å². The van der Waals surface area contributed by atoms with Crippen LogP contribution in [0.4, 0.5) is 0 Å². The lowest BCUT2D eigenvalue weighted by atomic mass is 10.0. The Hall–Kier alpha value is -1.76. The number of aromatic nitrogens is 5. The summed E-state index contributed by atoms with van der Waals surface area (Å²) in [7, 11) is 0. The maximum absolute atomic E-state index is 5.74. The second-order valence-corrected chi connectivity index (χ2v) is 5.38. The third-order valence-corrected chi connectivity index (χ3v) is 3.44. The van der Waals surface area contributed by atoms with Crippen molar-refractivity contribution in [3.05, 3.63) is 23.9 Å². The maximum Gasteiger partial charge on any atom is 0.238 e. The van der Waals surface area contributed by atoms with E-state index in [0.717, 1.165) is 25.3 Å². The summed E-state index contributed by atoms with van der Waals surface area (Å²) in [6.07, 6.45) is 3.65. The van der Waals surface area contributed by atoms with E-state index in [1.165, 1.54) is 0 Å². The molecule has 0 bridgehead atoms. The van der Waals surface area contributed by atoms with E-state index in [0.29, 0.717) is 30.9 Å². The molecule has 7 nitrogen and oxygen atoms in total. The first-order valence-electron chi connectivity index (χ1n) is 7.01. The van der Waals surface area contributed by atoms with Crippen LogP contribution in [0.3, 0.4) is 0 Å². The van der Waals surface area contributed by atoms with Gasteiger partial charge in [-0.2, -0.15) is 5.10 Å². The highest BCUT2D eigenvalue weighted by molar-refractivity contribution is 4.96. The van der Waals surface area contributed by atoms with Crippen LogP contribution < -0.4 is 0 Å². The molecular weight excluding hydrogens is 258 g/mol. The average molecular weight is 277 g/mol. The lowest BCUT2D eigenvalue weighted by Crippen LogP contribution is -2.15. The van der Waals surface area contributed by atoms with Crippen LogP contribution in [0.1, 0.15) is 56.1 Å². The van der Waals surface area contributed by atoms with Gasteiger partial charge in [0, 0.05) is 12.5 Å². The summed E-state index contributed by atoms with van der Waals surface area (Å²) >= 11 is 0. The summed E-state index contributed by atoms with van der Waals surface area (Å²) in [5.41, 5.74) is 0. The van der Waals surface area contributed by atoms with Gasteiger partial charge >= 0.3 is 0 Å². The molecule has 1 unspecified atom stereocenters. The van der Waals surface area contributed by atoms with E-state index in [1.54, 1.807) is 11.0 Å². The molecule has 0 saturated carbocycles. The van der Waals surface area contributed by atoms with Gasteiger partial charge in [0.25, 0.3) is 0 Å². The zero-order chi connectivity index (χ0) is 13.9. The van der Waals surface area contributed by atoms with E-state index in [9.17, 15) is 0 Å². The number of hydrogen-bond acceptors (Lipinski definition) is 6. The Labute approximate surface area is 117 Å². The molecule has 108 valence electrons. The zero-order valence-electron chi connectivity index (χ0n) is 11.8. The highest BCUT2D eigenvalue weighted by Crippen LogP contribution is 2.24. The summed E-state index contributed by atoms with van der Waals surface area (Å²) in [5.74, 6) is 2.70. The Morgan fingerprint density at radius 1 is 1.40 bits per heavy atom. The molecule has 0 aromatic carbocycles. The molecular formula is C13H19N5O2. The molecule has 1 fully saturated rings. The molecule has 1 aliphatic rings. The first-order valence-corrected chi connectivity index (χ1v) is 7.01. The normalized spacial score (nSPS) is 19.6. The largest absolute Gasteiger partial charge is 0.423 e. The van der Waals surface area contributed by atoms with Gasteiger partial charge in [-0.25, -0.2) is 9.67 Å². The van der Waals surface area contributed by atoms with Crippen molar-refractivity contribution in [1.29, 1.82) is 0 Å². The zero-order valence-corrected chi connectivity index (χ0v) is 11.8. The lowest BCUT2D eigenvalue weighted by molar-refractivity contribution is 0.0721. The molecule has 3 rings (SSSR count). The third-order valence-electron chi connectivity index (χ3n) is 3.44. The summed E-state index contributed by atoms with van der Waals surface area (Å²) in [5, 5.41) is 12.5. The van der Waals surface area contributed by atoms with Crippen LogP contribution in [0, 0.1) is 0 Å². The second-order valence-electron chi connectivity index (χ2n) is 5.38. The first-order chi connectivity index (χ1) is 9.74. The van der Waals surface area contributed by atoms with Crippen molar-refractivity contribution in [2.45, 2.75) is 45.1 Å². The van der Waals surface area contributed by atoms with Gasteiger partial charge < -0.3 is 9.15 Å². The molecule has 2 aromatic heterocycles. The molecule has 3 heterocycles. The van der Waals surface area contributed by atoms with Gasteiger partial charge in [-0.05, 0) is 12.8 Å². The molecule has 0 amide bonds. The Morgan fingerprint density at radius 3 is 3.05 bits per heavy atom. The number of nitrogens with zero attached hydrogens (tertiary/aromatic N) is 5. The average Bonchev–Trinajstić information content (AvgIpc) is 3.09. The molecule has 0 radical (unpaired) electrons. The topological polar surface area (TPSA) is 78.9 Å². The highest BCUT2D eigenvalue weighted by Gasteiger charge is 2.22. The van der Waals surface area contributed by atoms with Gasteiger partial charge in [-0.3, -0.25) is 0 Å². The predicted octanol–water partition coefficient (Wildman–Crippen LogP) is 1.73. The monoisotopic (exact) mass is 277 g/mol. The van der Waals surface area contributed by atoms with Gasteiger partial charge in [0.05, 0.1) is 12.5 Å². The molecule has 7 heteroatoms. The van der Waals surface area contributed by atoms with Gasteiger partial charge in [0.1, 0.15) is 18.7 Å². The number of ether oxygens (including phenoxy) is 1. The number of rotatable bonds is 4. The van der Waals surface area contributed by atoms with Crippen LogP contribution >= 0.6 is 0 Å². The van der Waals surface area contributed by atoms with E-state index in [-0.39, 0.29) is 5.92 Å². The summed E-state index contributed by atoms with van der Waals surface area (Å²) in [4.78, 5) is 4.25. The quantitative estimate of drug-likeness (QED) is 0.846. The fraction of sp³-hybridized carbons (Fsp3) is 0.692. The maximum atomic E-state index is 5.74. The Bertz CT molecular complexity index is 557. The molecule has 1 saturated heterocycles. The Morgan fingerprint density at radius 2 is 2.30 bits per heavy atom. The van der Waals surface area contributed by atoms with Crippen LogP contribution in [0.2, 0.25) is 0 Å². The molecule has 0 N–H and O–H groups in total. The van der Waals surface area contributed by atoms with Crippen LogP contribution in [0.5, 0.6) is 0 Å². The third kappa shape index (κ3) is 2.72. The fourth-order valence-corrected chi connectivity index (χ4v) is 2.40. The van der Waals surface area contributed by atoms with Crippen molar-refractivity contribution in [2.75, 3.05) is 13.2 Å². The lowest BCUT2D eigenvalue weighted by Gasteiger charge is -2.18. The molecule has 20 heavy (non-hydrogen) atoms. The van der Waals surface area contributed by atoms with Gasteiger partial charge in [-0.1, -0.05) is 13.8 Å². The van der Waals surface area contributed by atoms with Crippen LogP contribution in [0.25, 0.3) is 0 Å². The van der Waals surface area contributed by atoms with Crippen molar-refractivity contribution >= 4 is 0 Å². The van der Waals surface area contributed by atoms with Crippen LogP contribution in [-0.2, 0) is 11.3 Å². The van der Waals surface area contributed by atoms with Crippen LogP contribution in [0.15, 0.2) is 10.7 Å². The van der Waals surface area contributed by atoms with Crippen molar-refractivity contribution in [3.63, 3.8) is 0 Å². The molecule has 1 aliphatic heterocycles. The SMILES string of the molecule is CC(C)c1ncnn1Cc1nnc(C2CCCOC2)o1. The summed E-state index contributed by atoms with van der Waals surface area (Å²) in [6, 6.07) is 0. The van der Waals surface area contributed by atoms with Crippen molar-refractivity contribution < 1.29 is 9.15 Å². The van der Waals surface area contributed by atoms with E-state index < -0.39 is 0 Å². The van der Waals surface area contributed by atoms with Gasteiger partial charge in [0.15, 0.2) is 0 Å². The molecule has 1 atom stereocenters. The van der Waals surface area contributed by atoms with Crippen LogP contribution in [-0.4, -0.2) is 38.2 Å². The van der Waals surface area contributed by atoms with E-state index in [4.69, 9.17) is 9.15 Å². The molecule has 2 aromatic rings. The van der Waals surface area contributed by atoms with Gasteiger partial charge in [-0.15, -0.1) is 10.2 Å². The van der Waals surface area contributed by atoms with E-state index in [2.05, 4.69) is 34.1 Å². The van der Waals surface area contributed by atoms with E-state index >= 15 is 0 Å². The predicted molar refractivity (Wildman–Crippen MR) is 70.3 cm³/mol. The Balaban J connectivity index is 1.72. The minimum atomic E-state index is 0.227. The second kappa shape index (κ2) is 5.70. The number of hydrogen-bond donors (Lipinski definition) is 0. The fourth-order valence-electron chi connectivity index (χ4n) is 2.40. The van der Waals surface area contributed by atoms with Gasteiger partial charge in [0.2, 0.25) is 11.8 Å². The smallest absolute Gasteiger partial charge is 0.238 e. The molecule has 0 aliphatic carbocycles. The summed E-state index contributed by atoms with van der Waals surface area (Å²) < 4.78 is 13.0. The van der Waals surface area contributed by atoms with Crippen molar-refractivity contribution in [2.24, 2.45) is 0 Å². The highest BCUT2D eigenvalue weighted by atomic mass is 16.5. The minimum absolute atomic E-state index is 0.227. The standard InChI is InChI=1S/C13H19N5O2/c1-9(2)12-14-8-15-18(12)6-11-16-17-13(20-11)10-4-3-5-19-7-10/h8-10H,3-7H2,1-2H3.